The van der Waals surface area contributed by atoms with Crippen molar-refractivity contribution in [3.8, 4) is 5.75 Å². The first-order valence-electron chi connectivity index (χ1n) is 10.2. The van der Waals surface area contributed by atoms with Crippen molar-refractivity contribution in [2.24, 2.45) is 5.73 Å². The molecule has 32 heavy (non-hydrogen) atoms. The summed E-state index contributed by atoms with van der Waals surface area (Å²) in [5.41, 5.74) is 9.27. The molecule has 0 radical (unpaired) electrons. The lowest BCUT2D eigenvalue weighted by Gasteiger charge is -2.21. The zero-order valence-corrected chi connectivity index (χ0v) is 18.3. The molecule has 5 rings (SSSR count). The van der Waals surface area contributed by atoms with Crippen molar-refractivity contribution in [2.75, 3.05) is 35.3 Å². The number of aromatic nitrogens is 2. The topological polar surface area (TPSA) is 114 Å². The Morgan fingerprint density at radius 3 is 3.00 bits per heavy atom. The molecule has 1 aromatic carbocycles. The zero-order chi connectivity index (χ0) is 22.2. The Kier molecular flexibility index (Phi) is 5.24. The number of fused-ring (bicyclic) bond motifs is 1. The number of hydrogen-bond donors (Lipinski definition) is 2. The third-order valence-electron chi connectivity index (χ3n) is 5.69. The molecule has 1 atom stereocenters. The molecule has 3 aromatic rings. The van der Waals surface area contributed by atoms with Crippen LogP contribution in [-0.2, 0) is 6.54 Å². The molecule has 10 heteroatoms. The maximum Gasteiger partial charge on any atom is 0.275 e. The fourth-order valence-electron chi connectivity index (χ4n) is 4.01. The predicted octanol–water partition coefficient (Wildman–Crippen LogP) is 2.50. The highest BCUT2D eigenvalue weighted by molar-refractivity contribution is 7.14. The number of thiazole rings is 1. The average molecular weight is 451 g/mol. The lowest BCUT2D eigenvalue weighted by atomic mass is 10.1. The van der Waals surface area contributed by atoms with Gasteiger partial charge in [-0.25, -0.2) is 4.98 Å². The number of pyridine rings is 1. The van der Waals surface area contributed by atoms with E-state index in [0.717, 1.165) is 30.8 Å². The Labute approximate surface area is 188 Å². The molecule has 0 bridgehead atoms. The fourth-order valence-corrected chi connectivity index (χ4v) is 4.81. The lowest BCUT2D eigenvalue weighted by Crippen LogP contribution is -2.27. The van der Waals surface area contributed by atoms with Crippen LogP contribution in [0.4, 0.5) is 16.5 Å². The van der Waals surface area contributed by atoms with E-state index in [1.165, 1.54) is 11.3 Å². The SMILES string of the molecule is COc1ccc2c(c1)C(=O)N(c1nc(C(=O)Nc3cnccc3N3CCC(N)C3)cs1)C2. The molecule has 2 aromatic heterocycles. The molecule has 2 amide bonds. The summed E-state index contributed by atoms with van der Waals surface area (Å²) >= 11 is 1.26. The summed E-state index contributed by atoms with van der Waals surface area (Å²) in [4.78, 5) is 38.1. The molecule has 4 heterocycles. The third-order valence-corrected chi connectivity index (χ3v) is 6.55. The summed E-state index contributed by atoms with van der Waals surface area (Å²) < 4.78 is 5.22. The maximum absolute atomic E-state index is 12.9. The largest absolute Gasteiger partial charge is 0.497 e. The van der Waals surface area contributed by atoms with E-state index in [9.17, 15) is 9.59 Å². The van der Waals surface area contributed by atoms with Gasteiger partial charge in [-0.3, -0.25) is 19.5 Å². The summed E-state index contributed by atoms with van der Waals surface area (Å²) in [5, 5.41) is 5.04. The van der Waals surface area contributed by atoms with Gasteiger partial charge in [0.1, 0.15) is 11.4 Å². The van der Waals surface area contributed by atoms with Crippen LogP contribution in [0.3, 0.4) is 0 Å². The minimum absolute atomic E-state index is 0.120. The number of rotatable bonds is 5. The number of benzene rings is 1. The van der Waals surface area contributed by atoms with Gasteiger partial charge in [-0.05, 0) is 30.2 Å². The van der Waals surface area contributed by atoms with E-state index in [-0.39, 0.29) is 23.6 Å². The fraction of sp³-hybridized carbons (Fsp3) is 0.273. The second-order valence-corrected chi connectivity index (χ2v) is 8.61. The minimum Gasteiger partial charge on any atom is -0.497 e. The van der Waals surface area contributed by atoms with Gasteiger partial charge in [0.05, 0.1) is 31.2 Å². The quantitative estimate of drug-likeness (QED) is 0.614. The maximum atomic E-state index is 12.9. The molecule has 9 nitrogen and oxygen atoms in total. The second-order valence-electron chi connectivity index (χ2n) is 7.77. The van der Waals surface area contributed by atoms with E-state index in [1.807, 2.05) is 18.2 Å². The molecular weight excluding hydrogens is 428 g/mol. The number of carbonyl (C=O) groups excluding carboxylic acids is 2. The Morgan fingerprint density at radius 2 is 2.22 bits per heavy atom. The van der Waals surface area contributed by atoms with Crippen LogP contribution in [0.2, 0.25) is 0 Å². The van der Waals surface area contributed by atoms with Crippen molar-refractivity contribution in [1.82, 2.24) is 9.97 Å². The normalized spacial score (nSPS) is 17.6. The number of amides is 2. The molecule has 164 valence electrons. The molecule has 0 spiro atoms. The van der Waals surface area contributed by atoms with Crippen LogP contribution in [0.1, 0.15) is 32.8 Å². The van der Waals surface area contributed by atoms with Gasteiger partial charge in [0.2, 0.25) is 0 Å². The molecular formula is C22H22N6O3S. The highest BCUT2D eigenvalue weighted by Gasteiger charge is 2.31. The van der Waals surface area contributed by atoms with Gasteiger partial charge in [0.25, 0.3) is 11.8 Å². The Hall–Kier alpha value is -3.50. The first-order chi connectivity index (χ1) is 15.5. The lowest BCUT2D eigenvalue weighted by molar-refractivity contribution is 0.0991. The van der Waals surface area contributed by atoms with E-state index in [0.29, 0.717) is 28.7 Å². The average Bonchev–Trinajstić information content (AvgIpc) is 3.53. The van der Waals surface area contributed by atoms with Crippen molar-refractivity contribution in [1.29, 1.82) is 0 Å². The highest BCUT2D eigenvalue weighted by atomic mass is 32.1. The van der Waals surface area contributed by atoms with E-state index in [1.54, 1.807) is 35.8 Å². The number of ether oxygens (including phenoxy) is 1. The second kappa shape index (κ2) is 8.21. The van der Waals surface area contributed by atoms with Gasteiger partial charge in [0.15, 0.2) is 5.13 Å². The van der Waals surface area contributed by atoms with Gasteiger partial charge in [-0.2, -0.15) is 0 Å². The van der Waals surface area contributed by atoms with E-state index < -0.39 is 0 Å². The number of anilines is 3. The number of methoxy groups -OCH3 is 1. The van der Waals surface area contributed by atoms with Crippen molar-refractivity contribution >= 4 is 39.7 Å². The third kappa shape index (κ3) is 3.67. The number of nitrogens with two attached hydrogens (primary N) is 1. The van der Waals surface area contributed by atoms with Crippen LogP contribution < -0.4 is 25.6 Å². The summed E-state index contributed by atoms with van der Waals surface area (Å²) in [5.74, 6) is 0.126. The van der Waals surface area contributed by atoms with Crippen LogP contribution in [0.25, 0.3) is 0 Å². The van der Waals surface area contributed by atoms with Crippen LogP contribution >= 0.6 is 11.3 Å². The van der Waals surface area contributed by atoms with Crippen LogP contribution in [0.15, 0.2) is 42.0 Å². The number of nitrogens with one attached hydrogen (secondary N) is 1. The van der Waals surface area contributed by atoms with E-state index in [4.69, 9.17) is 10.5 Å². The summed E-state index contributed by atoms with van der Waals surface area (Å²) in [6, 6.07) is 7.42. The number of carbonyl (C=O) groups is 2. The molecule has 2 aliphatic heterocycles. The summed E-state index contributed by atoms with van der Waals surface area (Å²) in [6.07, 6.45) is 4.23. The Morgan fingerprint density at radius 1 is 1.34 bits per heavy atom. The molecule has 0 aliphatic carbocycles. The molecule has 3 N–H and O–H groups in total. The van der Waals surface area contributed by atoms with Crippen molar-refractivity contribution < 1.29 is 14.3 Å². The smallest absolute Gasteiger partial charge is 0.275 e. The van der Waals surface area contributed by atoms with Crippen LogP contribution in [-0.4, -0.2) is 48.0 Å². The summed E-state index contributed by atoms with van der Waals surface area (Å²) in [6.45, 7) is 1.97. The van der Waals surface area contributed by atoms with Crippen molar-refractivity contribution in [2.45, 2.75) is 19.0 Å². The predicted molar refractivity (Wildman–Crippen MR) is 123 cm³/mol. The van der Waals surface area contributed by atoms with Crippen molar-refractivity contribution in [3.05, 3.63) is 58.9 Å². The number of hydrogen-bond acceptors (Lipinski definition) is 8. The molecule has 1 saturated heterocycles. The molecule has 1 unspecified atom stereocenters. The Bertz CT molecular complexity index is 1200. The molecule has 0 saturated carbocycles. The van der Waals surface area contributed by atoms with Crippen LogP contribution in [0.5, 0.6) is 5.75 Å². The zero-order valence-electron chi connectivity index (χ0n) is 17.4. The Balaban J connectivity index is 1.33. The minimum atomic E-state index is -0.351. The van der Waals surface area contributed by atoms with Gasteiger partial charge in [0, 0.05) is 36.3 Å². The van der Waals surface area contributed by atoms with Crippen LogP contribution in [0, 0.1) is 0 Å². The number of nitrogens with zero attached hydrogens (tertiary/aromatic N) is 4. The summed E-state index contributed by atoms with van der Waals surface area (Å²) in [7, 11) is 1.57. The molecule has 1 fully saturated rings. The highest BCUT2D eigenvalue weighted by Crippen LogP contribution is 2.33. The molecule has 2 aliphatic rings. The first-order valence-corrected chi connectivity index (χ1v) is 11.1. The monoisotopic (exact) mass is 450 g/mol. The van der Waals surface area contributed by atoms with E-state index in [2.05, 4.69) is 20.2 Å². The van der Waals surface area contributed by atoms with Gasteiger partial charge < -0.3 is 20.7 Å². The van der Waals surface area contributed by atoms with E-state index >= 15 is 0 Å². The standard InChI is InChI=1S/C22H22N6O3S/c1-31-15-3-2-13-10-28(21(30)16(13)8-15)22-26-18(12-32-22)20(29)25-17-9-24-6-4-19(17)27-7-5-14(23)11-27/h2-4,6,8-9,12,14H,5,7,10-11,23H2,1H3,(H,25,29). The van der Waals surface area contributed by atoms with Gasteiger partial charge in [-0.1, -0.05) is 6.07 Å². The first kappa shape index (κ1) is 20.4. The van der Waals surface area contributed by atoms with Crippen molar-refractivity contribution in [3.63, 3.8) is 0 Å². The van der Waals surface area contributed by atoms with Gasteiger partial charge >= 0.3 is 0 Å². The van der Waals surface area contributed by atoms with Gasteiger partial charge in [-0.15, -0.1) is 11.3 Å².